The lowest BCUT2D eigenvalue weighted by atomic mass is 10.3. The van der Waals surface area contributed by atoms with Crippen LogP contribution in [-0.2, 0) is 9.05 Å². The Balaban J connectivity index is 2.94. The summed E-state index contributed by atoms with van der Waals surface area (Å²) in [4.78, 5) is 3.43. The largest absolute Gasteiger partial charge is 0.375 e. The van der Waals surface area contributed by atoms with Gasteiger partial charge in [0, 0.05) is 10.7 Å². The molecular weight excluding hydrogens is 263 g/mol. The second kappa shape index (κ2) is 3.29. The molecule has 4 nitrogen and oxygen atoms in total. The average molecular weight is 267 g/mol. The highest BCUT2D eigenvalue weighted by atomic mass is 35.7. The number of halogens is 2. The zero-order valence-electron chi connectivity index (χ0n) is 7.07. The van der Waals surface area contributed by atoms with Crippen molar-refractivity contribution in [2.24, 2.45) is 0 Å². The smallest absolute Gasteiger partial charge is 0.263 e. The summed E-state index contributed by atoms with van der Waals surface area (Å²) >= 11 is 1.00. The second-order valence-corrected chi connectivity index (χ2v) is 6.34. The van der Waals surface area contributed by atoms with Crippen molar-refractivity contribution in [1.82, 2.24) is 4.98 Å². The van der Waals surface area contributed by atoms with Crippen LogP contribution in [0.4, 0.5) is 9.52 Å². The number of rotatable bonds is 1. The molecule has 0 amide bonds. The first-order chi connectivity index (χ1) is 6.88. The SMILES string of the molecule is Nc1nc2c(S(=O)(=O)Cl)cc(F)cc2s1. The van der Waals surface area contributed by atoms with E-state index in [0.717, 1.165) is 23.5 Å². The van der Waals surface area contributed by atoms with E-state index >= 15 is 0 Å². The van der Waals surface area contributed by atoms with Crippen LogP contribution >= 0.6 is 22.0 Å². The van der Waals surface area contributed by atoms with Gasteiger partial charge >= 0.3 is 0 Å². The van der Waals surface area contributed by atoms with Crippen LogP contribution in [0, 0.1) is 5.82 Å². The summed E-state index contributed by atoms with van der Waals surface area (Å²) in [5.74, 6) is -0.689. The molecule has 0 radical (unpaired) electrons. The number of benzene rings is 1. The molecule has 0 atom stereocenters. The topological polar surface area (TPSA) is 73.0 Å². The summed E-state index contributed by atoms with van der Waals surface area (Å²) in [6.07, 6.45) is 0. The van der Waals surface area contributed by atoms with Crippen molar-refractivity contribution in [3.63, 3.8) is 0 Å². The standard InChI is InChI=1S/C7H4ClFN2O2S2/c8-15(12,13)5-2-3(9)1-4-6(5)11-7(10)14-4/h1-2H,(H2,10,11). The molecule has 0 saturated heterocycles. The lowest BCUT2D eigenvalue weighted by molar-refractivity contribution is 0.604. The summed E-state index contributed by atoms with van der Waals surface area (Å²) in [5.41, 5.74) is 5.51. The Morgan fingerprint density at radius 2 is 2.13 bits per heavy atom. The van der Waals surface area contributed by atoms with Crippen LogP contribution in [0.3, 0.4) is 0 Å². The number of anilines is 1. The van der Waals surface area contributed by atoms with E-state index in [9.17, 15) is 12.8 Å². The fraction of sp³-hybridized carbons (Fsp3) is 0. The first-order valence-corrected chi connectivity index (χ1v) is 6.81. The molecule has 1 aromatic carbocycles. The van der Waals surface area contributed by atoms with Gasteiger partial charge in [0.2, 0.25) is 0 Å². The zero-order valence-corrected chi connectivity index (χ0v) is 9.46. The predicted octanol–water partition coefficient (Wildman–Crippen LogP) is 1.95. The Labute approximate surface area is 92.9 Å². The monoisotopic (exact) mass is 266 g/mol. The van der Waals surface area contributed by atoms with Crippen LogP contribution in [0.25, 0.3) is 10.2 Å². The van der Waals surface area contributed by atoms with Gasteiger partial charge in [0.15, 0.2) is 5.13 Å². The molecule has 0 aliphatic rings. The number of fused-ring (bicyclic) bond motifs is 1. The number of nitrogens with zero attached hydrogens (tertiary/aromatic N) is 1. The van der Waals surface area contributed by atoms with E-state index in [1.54, 1.807) is 0 Å². The molecule has 2 aromatic rings. The summed E-state index contributed by atoms with van der Waals surface area (Å²) in [6, 6.07) is 1.98. The van der Waals surface area contributed by atoms with Gasteiger partial charge in [-0.25, -0.2) is 17.8 Å². The average Bonchev–Trinajstić information content (AvgIpc) is 2.41. The maximum absolute atomic E-state index is 13.1. The third-order valence-electron chi connectivity index (χ3n) is 1.70. The summed E-state index contributed by atoms with van der Waals surface area (Å²) < 4.78 is 35.7. The maximum Gasteiger partial charge on any atom is 0.263 e. The van der Waals surface area contributed by atoms with Crippen LogP contribution in [0.2, 0.25) is 0 Å². The molecule has 1 heterocycles. The first kappa shape index (κ1) is 10.6. The molecule has 0 unspecified atom stereocenters. The van der Waals surface area contributed by atoms with E-state index in [1.807, 2.05) is 0 Å². The summed E-state index contributed by atoms with van der Waals surface area (Å²) in [6.45, 7) is 0. The number of thiazole rings is 1. The van der Waals surface area contributed by atoms with E-state index in [-0.39, 0.29) is 15.5 Å². The molecule has 0 fully saturated rings. The van der Waals surface area contributed by atoms with Crippen LogP contribution < -0.4 is 5.73 Å². The lowest BCUT2D eigenvalue weighted by Gasteiger charge is -1.97. The van der Waals surface area contributed by atoms with Gasteiger partial charge < -0.3 is 5.73 Å². The summed E-state index contributed by atoms with van der Waals surface area (Å²) in [5, 5.41) is 0.164. The number of aromatic nitrogens is 1. The van der Waals surface area contributed by atoms with Crippen molar-refractivity contribution in [1.29, 1.82) is 0 Å². The number of nitrogens with two attached hydrogens (primary N) is 1. The van der Waals surface area contributed by atoms with Gasteiger partial charge in [0.25, 0.3) is 9.05 Å². The Morgan fingerprint density at radius 3 is 2.73 bits per heavy atom. The number of nitrogen functional groups attached to an aromatic ring is 1. The molecule has 1 aromatic heterocycles. The van der Waals surface area contributed by atoms with Crippen molar-refractivity contribution in [2.45, 2.75) is 4.90 Å². The highest BCUT2D eigenvalue weighted by Gasteiger charge is 2.18. The van der Waals surface area contributed by atoms with Gasteiger partial charge in [-0.2, -0.15) is 0 Å². The van der Waals surface area contributed by atoms with Crippen molar-refractivity contribution in [2.75, 3.05) is 5.73 Å². The van der Waals surface area contributed by atoms with Gasteiger partial charge in [-0.1, -0.05) is 11.3 Å². The second-order valence-electron chi connectivity index (χ2n) is 2.74. The van der Waals surface area contributed by atoms with E-state index in [0.29, 0.717) is 4.70 Å². The molecule has 2 N–H and O–H groups in total. The minimum atomic E-state index is -4.02. The van der Waals surface area contributed by atoms with Crippen LogP contribution in [0.15, 0.2) is 17.0 Å². The van der Waals surface area contributed by atoms with Crippen LogP contribution in [0.1, 0.15) is 0 Å². The van der Waals surface area contributed by atoms with Crippen molar-refractivity contribution >= 4 is 46.4 Å². The summed E-state index contributed by atoms with van der Waals surface area (Å²) in [7, 11) is 1.13. The molecule has 80 valence electrons. The minimum absolute atomic E-state index is 0.105. The minimum Gasteiger partial charge on any atom is -0.375 e. The van der Waals surface area contributed by atoms with Crippen LogP contribution in [0.5, 0.6) is 0 Å². The fourth-order valence-corrected chi connectivity index (χ4v) is 3.01. The van der Waals surface area contributed by atoms with Crippen LogP contribution in [-0.4, -0.2) is 13.4 Å². The fourth-order valence-electron chi connectivity index (χ4n) is 1.17. The maximum atomic E-state index is 13.1. The van der Waals surface area contributed by atoms with Gasteiger partial charge in [-0.15, -0.1) is 0 Å². The van der Waals surface area contributed by atoms with Crippen molar-refractivity contribution in [3.8, 4) is 0 Å². The number of hydrogen-bond acceptors (Lipinski definition) is 5. The highest BCUT2D eigenvalue weighted by molar-refractivity contribution is 8.14. The van der Waals surface area contributed by atoms with Crippen molar-refractivity contribution in [3.05, 3.63) is 17.9 Å². The third-order valence-corrected chi connectivity index (χ3v) is 3.87. The third kappa shape index (κ3) is 1.90. The molecular formula is C7H4ClFN2O2S2. The zero-order chi connectivity index (χ0) is 11.2. The van der Waals surface area contributed by atoms with Gasteiger partial charge in [-0.05, 0) is 12.1 Å². The predicted molar refractivity (Wildman–Crippen MR) is 57.0 cm³/mol. The molecule has 0 saturated carbocycles. The molecule has 2 rings (SSSR count). The van der Waals surface area contributed by atoms with E-state index in [4.69, 9.17) is 16.4 Å². The molecule has 0 aliphatic carbocycles. The van der Waals surface area contributed by atoms with E-state index in [1.165, 1.54) is 0 Å². The van der Waals surface area contributed by atoms with Crippen molar-refractivity contribution < 1.29 is 12.8 Å². The Bertz CT molecular complexity index is 638. The molecule has 8 heteroatoms. The normalized spacial score (nSPS) is 12.1. The molecule has 15 heavy (non-hydrogen) atoms. The van der Waals surface area contributed by atoms with Gasteiger partial charge in [0.05, 0.1) is 4.70 Å². The van der Waals surface area contributed by atoms with Gasteiger partial charge in [0.1, 0.15) is 16.2 Å². The Kier molecular flexibility index (Phi) is 2.32. The Morgan fingerprint density at radius 1 is 1.47 bits per heavy atom. The quantitative estimate of drug-likeness (QED) is 0.801. The number of hydrogen-bond donors (Lipinski definition) is 1. The molecule has 0 bridgehead atoms. The molecule has 0 aliphatic heterocycles. The van der Waals surface area contributed by atoms with Gasteiger partial charge in [-0.3, -0.25) is 0 Å². The van der Waals surface area contributed by atoms with E-state index < -0.39 is 14.9 Å². The van der Waals surface area contributed by atoms with E-state index in [2.05, 4.69) is 4.98 Å². The molecule has 0 spiro atoms. The Hall–Kier alpha value is -0.920. The first-order valence-electron chi connectivity index (χ1n) is 3.68. The lowest BCUT2D eigenvalue weighted by Crippen LogP contribution is -1.93. The highest BCUT2D eigenvalue weighted by Crippen LogP contribution is 2.31.